The van der Waals surface area contributed by atoms with Crippen LogP contribution in [0.15, 0.2) is 60.7 Å². The summed E-state index contributed by atoms with van der Waals surface area (Å²) in [5.74, 6) is 0.779. The smallest absolute Gasteiger partial charge is 0.223 e. The van der Waals surface area contributed by atoms with Gasteiger partial charge < -0.3 is 9.64 Å². The van der Waals surface area contributed by atoms with Crippen LogP contribution < -0.4 is 4.74 Å². The second-order valence-corrected chi connectivity index (χ2v) is 6.57. The van der Waals surface area contributed by atoms with Gasteiger partial charge in [0.15, 0.2) is 5.78 Å². The van der Waals surface area contributed by atoms with Crippen LogP contribution in [-0.2, 0) is 4.79 Å². The summed E-state index contributed by atoms with van der Waals surface area (Å²) in [6, 6.07) is 17.3. The van der Waals surface area contributed by atoms with Gasteiger partial charge in [-0.3, -0.25) is 9.59 Å². The third kappa shape index (κ3) is 5.07. The Bertz CT molecular complexity index is 809. The Hall–Kier alpha value is -2.88. The lowest BCUT2D eigenvalue weighted by molar-refractivity contribution is -0.130. The number of nitrogens with zero attached hydrogens (tertiary/aromatic N) is 1. The van der Waals surface area contributed by atoms with Crippen LogP contribution in [0.2, 0.25) is 0 Å². The van der Waals surface area contributed by atoms with Crippen molar-refractivity contribution in [3.05, 3.63) is 71.8 Å². The van der Waals surface area contributed by atoms with E-state index in [0.717, 1.165) is 12.2 Å². The molecule has 0 saturated heterocycles. The molecule has 0 aromatic heterocycles. The van der Waals surface area contributed by atoms with E-state index in [-0.39, 0.29) is 24.5 Å². The van der Waals surface area contributed by atoms with E-state index in [2.05, 4.69) is 18.2 Å². The molecule has 1 aliphatic heterocycles. The maximum Gasteiger partial charge on any atom is 0.223 e. The molecule has 0 unspecified atom stereocenters. The largest absolute Gasteiger partial charge is 0.494 e. The van der Waals surface area contributed by atoms with Crippen LogP contribution in [0.5, 0.6) is 5.75 Å². The van der Waals surface area contributed by atoms with E-state index in [1.165, 1.54) is 11.1 Å². The minimum absolute atomic E-state index is 0.0103. The maximum atomic E-state index is 12.4. The first kappa shape index (κ1) is 18.9. The van der Waals surface area contributed by atoms with Crippen molar-refractivity contribution in [2.75, 3.05) is 19.7 Å². The van der Waals surface area contributed by atoms with E-state index in [0.29, 0.717) is 25.3 Å². The van der Waals surface area contributed by atoms with Crippen molar-refractivity contribution >= 4 is 17.3 Å². The van der Waals surface area contributed by atoms with Gasteiger partial charge in [0.25, 0.3) is 0 Å². The van der Waals surface area contributed by atoms with E-state index < -0.39 is 0 Å². The van der Waals surface area contributed by atoms with Gasteiger partial charge in [0.05, 0.1) is 6.61 Å². The van der Waals surface area contributed by atoms with Crippen molar-refractivity contribution in [1.29, 1.82) is 0 Å². The molecule has 27 heavy (non-hydrogen) atoms. The molecule has 1 aliphatic rings. The van der Waals surface area contributed by atoms with Gasteiger partial charge in [-0.15, -0.1) is 0 Å². The van der Waals surface area contributed by atoms with Crippen LogP contribution >= 0.6 is 0 Å². The minimum Gasteiger partial charge on any atom is -0.494 e. The summed E-state index contributed by atoms with van der Waals surface area (Å²) >= 11 is 0. The summed E-state index contributed by atoms with van der Waals surface area (Å²) in [5, 5.41) is 0. The number of carbonyl (C=O) groups is 2. The zero-order valence-electron chi connectivity index (χ0n) is 15.7. The highest BCUT2D eigenvalue weighted by Gasteiger charge is 2.19. The summed E-state index contributed by atoms with van der Waals surface area (Å²) in [6.45, 7) is 3.83. The second kappa shape index (κ2) is 9.17. The number of Topliss-reactive ketones (excluding diaryl/α,β-unsaturated/α-hetero) is 1. The molecule has 0 atom stereocenters. The Morgan fingerprint density at radius 2 is 1.74 bits per heavy atom. The SMILES string of the molecule is CCOc1ccc(C(=O)CCC(=O)N2CC=C(c3ccccc3)CC2)cc1. The monoisotopic (exact) mass is 363 g/mol. The lowest BCUT2D eigenvalue weighted by Gasteiger charge is -2.26. The molecule has 3 rings (SSSR count). The summed E-state index contributed by atoms with van der Waals surface area (Å²) in [6.07, 6.45) is 3.45. The molecule has 0 spiro atoms. The zero-order valence-corrected chi connectivity index (χ0v) is 15.7. The van der Waals surface area contributed by atoms with E-state index >= 15 is 0 Å². The van der Waals surface area contributed by atoms with Crippen molar-refractivity contribution in [3.63, 3.8) is 0 Å². The van der Waals surface area contributed by atoms with Gasteiger partial charge in [-0.25, -0.2) is 0 Å². The topological polar surface area (TPSA) is 46.6 Å². The number of carbonyl (C=O) groups excluding carboxylic acids is 2. The molecule has 0 bridgehead atoms. The van der Waals surface area contributed by atoms with Crippen molar-refractivity contribution in [2.24, 2.45) is 0 Å². The fourth-order valence-electron chi connectivity index (χ4n) is 3.24. The molecule has 4 heteroatoms. The van der Waals surface area contributed by atoms with E-state index in [1.54, 1.807) is 24.3 Å². The Kier molecular flexibility index (Phi) is 6.42. The van der Waals surface area contributed by atoms with E-state index in [9.17, 15) is 9.59 Å². The fraction of sp³-hybridized carbons (Fsp3) is 0.304. The minimum atomic E-state index is -0.0103. The third-order valence-corrected chi connectivity index (χ3v) is 4.76. The molecular weight excluding hydrogens is 338 g/mol. The molecule has 0 fully saturated rings. The average Bonchev–Trinajstić information content (AvgIpc) is 2.73. The van der Waals surface area contributed by atoms with Crippen molar-refractivity contribution in [2.45, 2.75) is 26.2 Å². The number of hydrogen-bond acceptors (Lipinski definition) is 3. The van der Waals surface area contributed by atoms with Crippen LogP contribution in [0, 0.1) is 0 Å². The molecule has 1 heterocycles. The van der Waals surface area contributed by atoms with Crippen LogP contribution in [0.1, 0.15) is 42.1 Å². The molecule has 2 aromatic rings. The number of rotatable bonds is 7. The Morgan fingerprint density at radius 3 is 2.37 bits per heavy atom. The summed E-state index contributed by atoms with van der Waals surface area (Å²) in [4.78, 5) is 26.6. The molecule has 4 nitrogen and oxygen atoms in total. The van der Waals surface area contributed by atoms with Crippen LogP contribution in [0.25, 0.3) is 5.57 Å². The summed E-state index contributed by atoms with van der Waals surface area (Å²) < 4.78 is 5.38. The zero-order chi connectivity index (χ0) is 19.1. The van der Waals surface area contributed by atoms with E-state index in [1.807, 2.05) is 30.0 Å². The number of ether oxygens (including phenoxy) is 1. The van der Waals surface area contributed by atoms with Gasteiger partial charge in [-0.05, 0) is 48.7 Å². The van der Waals surface area contributed by atoms with Gasteiger partial charge >= 0.3 is 0 Å². The van der Waals surface area contributed by atoms with Crippen LogP contribution in [0.3, 0.4) is 0 Å². The molecule has 0 saturated carbocycles. The van der Waals surface area contributed by atoms with Crippen LogP contribution in [0.4, 0.5) is 0 Å². The second-order valence-electron chi connectivity index (χ2n) is 6.57. The number of amides is 1. The first-order valence-corrected chi connectivity index (χ1v) is 9.45. The molecule has 0 N–H and O–H groups in total. The molecule has 0 aliphatic carbocycles. The normalized spacial score (nSPS) is 13.8. The number of hydrogen-bond donors (Lipinski definition) is 0. The van der Waals surface area contributed by atoms with Gasteiger partial charge in [0.2, 0.25) is 5.91 Å². The van der Waals surface area contributed by atoms with E-state index in [4.69, 9.17) is 4.74 Å². The van der Waals surface area contributed by atoms with Crippen LogP contribution in [-0.4, -0.2) is 36.3 Å². The first-order chi connectivity index (χ1) is 13.2. The van der Waals surface area contributed by atoms with Crippen molar-refractivity contribution < 1.29 is 14.3 Å². The van der Waals surface area contributed by atoms with Gasteiger partial charge in [-0.1, -0.05) is 36.4 Å². The molecular formula is C23H25NO3. The molecule has 2 aromatic carbocycles. The summed E-state index contributed by atoms with van der Waals surface area (Å²) in [5.41, 5.74) is 3.12. The fourth-order valence-corrected chi connectivity index (χ4v) is 3.24. The van der Waals surface area contributed by atoms with Gasteiger partial charge in [0, 0.05) is 31.5 Å². The molecule has 0 radical (unpaired) electrons. The highest BCUT2D eigenvalue weighted by atomic mass is 16.5. The van der Waals surface area contributed by atoms with Crippen molar-refractivity contribution in [1.82, 2.24) is 4.90 Å². The lowest BCUT2D eigenvalue weighted by Crippen LogP contribution is -2.34. The van der Waals surface area contributed by atoms with Gasteiger partial charge in [-0.2, -0.15) is 0 Å². The summed E-state index contributed by atoms with van der Waals surface area (Å²) in [7, 11) is 0. The Morgan fingerprint density at radius 1 is 1.00 bits per heavy atom. The van der Waals surface area contributed by atoms with Gasteiger partial charge in [0.1, 0.15) is 5.75 Å². The Labute approximate surface area is 160 Å². The lowest BCUT2D eigenvalue weighted by atomic mass is 9.99. The standard InChI is InChI=1S/C23H25NO3/c1-2-27-21-10-8-20(9-11-21)22(25)12-13-23(26)24-16-14-19(15-17-24)18-6-4-3-5-7-18/h3-11,14H,2,12-13,15-17H2,1H3. The highest BCUT2D eigenvalue weighted by molar-refractivity contribution is 5.98. The predicted octanol–water partition coefficient (Wildman–Crippen LogP) is 4.36. The third-order valence-electron chi connectivity index (χ3n) is 4.76. The molecule has 140 valence electrons. The maximum absolute atomic E-state index is 12.4. The average molecular weight is 363 g/mol. The number of ketones is 1. The quantitative estimate of drug-likeness (QED) is 0.687. The number of benzene rings is 2. The predicted molar refractivity (Wildman–Crippen MR) is 107 cm³/mol. The highest BCUT2D eigenvalue weighted by Crippen LogP contribution is 2.22. The first-order valence-electron chi connectivity index (χ1n) is 9.45. The van der Waals surface area contributed by atoms with Crippen molar-refractivity contribution in [3.8, 4) is 5.75 Å². The molecule has 1 amide bonds. The Balaban J connectivity index is 1.49.